The Morgan fingerprint density at radius 3 is 2.50 bits per heavy atom. The molecule has 1 aromatic heterocycles. The van der Waals surface area contributed by atoms with E-state index in [0.29, 0.717) is 16.5 Å². The standard InChI is InChI=1S/C32H36N2O4S2/c1-20(39-25-15-9-14-24(19-25)33-30(36)22-12-7-4-8-13-22)29(35)34-31-28(32(37)38-2)26-17-16-23(18-27(26)40-31)21-10-5-3-6-11-21/h3,5-6,9-11,14-15,19-20,22-23H,4,7-8,12-13,16-18H2,1-2H3,(H,33,36)(H,34,35). The highest BCUT2D eigenvalue weighted by Crippen LogP contribution is 2.43. The largest absolute Gasteiger partial charge is 0.465 e. The van der Waals surface area contributed by atoms with E-state index in [1.165, 1.54) is 42.2 Å². The Hall–Kier alpha value is -3.10. The molecule has 0 aliphatic heterocycles. The zero-order valence-corrected chi connectivity index (χ0v) is 24.7. The van der Waals surface area contributed by atoms with Gasteiger partial charge in [0.05, 0.1) is 17.9 Å². The van der Waals surface area contributed by atoms with Crippen LogP contribution in [0.5, 0.6) is 0 Å². The van der Waals surface area contributed by atoms with E-state index in [1.54, 1.807) is 0 Å². The van der Waals surface area contributed by atoms with Crippen molar-refractivity contribution in [3.8, 4) is 0 Å². The minimum absolute atomic E-state index is 0.0818. The zero-order valence-electron chi connectivity index (χ0n) is 23.0. The van der Waals surface area contributed by atoms with E-state index in [4.69, 9.17) is 4.74 Å². The van der Waals surface area contributed by atoms with E-state index in [2.05, 4.69) is 34.9 Å². The average molecular weight is 577 g/mol. The van der Waals surface area contributed by atoms with Gasteiger partial charge in [0.15, 0.2) is 0 Å². The lowest BCUT2D eigenvalue weighted by Gasteiger charge is -2.22. The smallest absolute Gasteiger partial charge is 0.341 e. The second kappa shape index (κ2) is 13.0. The van der Waals surface area contributed by atoms with Gasteiger partial charge in [-0.3, -0.25) is 9.59 Å². The Labute approximate surface area is 244 Å². The number of thioether (sulfide) groups is 1. The molecule has 0 saturated heterocycles. The van der Waals surface area contributed by atoms with Gasteiger partial charge in [-0.1, -0.05) is 55.7 Å². The molecule has 2 aliphatic rings. The van der Waals surface area contributed by atoms with E-state index in [9.17, 15) is 14.4 Å². The monoisotopic (exact) mass is 576 g/mol. The van der Waals surface area contributed by atoms with Gasteiger partial charge in [0.2, 0.25) is 11.8 Å². The highest BCUT2D eigenvalue weighted by atomic mass is 32.2. The molecule has 3 aromatic rings. The number of fused-ring (bicyclic) bond motifs is 1. The lowest BCUT2D eigenvalue weighted by molar-refractivity contribution is -0.120. The minimum Gasteiger partial charge on any atom is -0.465 e. The number of benzene rings is 2. The fourth-order valence-corrected chi connectivity index (χ4v) is 7.97. The van der Waals surface area contributed by atoms with Crippen LogP contribution < -0.4 is 10.6 Å². The van der Waals surface area contributed by atoms with Crippen molar-refractivity contribution in [2.45, 2.75) is 74.4 Å². The number of esters is 1. The molecule has 1 fully saturated rings. The number of anilines is 2. The number of hydrogen-bond acceptors (Lipinski definition) is 6. The number of carbonyl (C=O) groups is 3. The van der Waals surface area contributed by atoms with Crippen LogP contribution >= 0.6 is 23.1 Å². The summed E-state index contributed by atoms with van der Waals surface area (Å²) < 4.78 is 5.12. The molecule has 1 heterocycles. The first kappa shape index (κ1) is 28.4. The number of carbonyl (C=O) groups excluding carboxylic acids is 3. The second-order valence-corrected chi connectivity index (χ2v) is 13.2. The van der Waals surface area contributed by atoms with E-state index < -0.39 is 11.2 Å². The molecule has 2 atom stereocenters. The van der Waals surface area contributed by atoms with E-state index in [1.807, 2.05) is 37.3 Å². The van der Waals surface area contributed by atoms with Gasteiger partial charge in [0.1, 0.15) is 5.00 Å². The highest BCUT2D eigenvalue weighted by molar-refractivity contribution is 8.00. The van der Waals surface area contributed by atoms with Crippen LogP contribution in [-0.2, 0) is 27.2 Å². The van der Waals surface area contributed by atoms with Crippen LogP contribution in [0.25, 0.3) is 0 Å². The highest BCUT2D eigenvalue weighted by Gasteiger charge is 2.31. The van der Waals surface area contributed by atoms with Crippen molar-refractivity contribution in [1.29, 1.82) is 0 Å². The third kappa shape index (κ3) is 6.61. The van der Waals surface area contributed by atoms with Crippen LogP contribution in [0, 0.1) is 5.92 Å². The summed E-state index contributed by atoms with van der Waals surface area (Å²) in [6.07, 6.45) is 7.89. The predicted molar refractivity (Wildman–Crippen MR) is 162 cm³/mol. The van der Waals surface area contributed by atoms with Gasteiger partial charge in [-0.25, -0.2) is 4.79 Å². The van der Waals surface area contributed by atoms with Crippen LogP contribution in [-0.4, -0.2) is 30.1 Å². The Morgan fingerprint density at radius 1 is 0.975 bits per heavy atom. The maximum atomic E-state index is 13.3. The van der Waals surface area contributed by atoms with Gasteiger partial charge in [0, 0.05) is 21.4 Å². The number of rotatable bonds is 8. The molecular weight excluding hydrogens is 540 g/mol. The van der Waals surface area contributed by atoms with Crippen molar-refractivity contribution < 1.29 is 19.1 Å². The van der Waals surface area contributed by atoms with Gasteiger partial charge in [-0.2, -0.15) is 0 Å². The van der Waals surface area contributed by atoms with Gasteiger partial charge < -0.3 is 15.4 Å². The minimum atomic E-state index is -0.411. The first-order chi connectivity index (χ1) is 19.4. The quantitative estimate of drug-likeness (QED) is 0.215. The first-order valence-corrected chi connectivity index (χ1v) is 15.8. The van der Waals surface area contributed by atoms with Gasteiger partial charge in [0.25, 0.3) is 0 Å². The fourth-order valence-electron chi connectivity index (χ4n) is 5.73. The average Bonchev–Trinajstić information content (AvgIpc) is 3.34. The maximum absolute atomic E-state index is 13.3. The van der Waals surface area contributed by atoms with Gasteiger partial charge >= 0.3 is 5.97 Å². The molecule has 0 spiro atoms. The Balaban J connectivity index is 1.26. The molecule has 2 amide bonds. The molecule has 0 bridgehead atoms. The van der Waals surface area contributed by atoms with E-state index in [0.717, 1.165) is 66.0 Å². The molecular formula is C32H36N2O4S2. The van der Waals surface area contributed by atoms with Gasteiger partial charge in [-0.05, 0) is 74.3 Å². The molecule has 2 aliphatic carbocycles. The van der Waals surface area contributed by atoms with Crippen molar-refractivity contribution in [1.82, 2.24) is 0 Å². The number of hydrogen-bond donors (Lipinski definition) is 2. The van der Waals surface area contributed by atoms with Crippen molar-refractivity contribution in [2.75, 3.05) is 17.7 Å². The summed E-state index contributed by atoms with van der Waals surface area (Å²) >= 11 is 2.91. The molecule has 2 unspecified atom stereocenters. The third-order valence-corrected chi connectivity index (χ3v) is 10.2. The Bertz CT molecular complexity index is 1360. The van der Waals surface area contributed by atoms with Crippen molar-refractivity contribution in [3.05, 3.63) is 76.2 Å². The van der Waals surface area contributed by atoms with Crippen LogP contribution in [0.4, 0.5) is 10.7 Å². The molecule has 2 N–H and O–H groups in total. The number of nitrogens with one attached hydrogen (secondary N) is 2. The maximum Gasteiger partial charge on any atom is 0.341 e. The molecule has 8 heteroatoms. The molecule has 2 aromatic carbocycles. The summed E-state index contributed by atoms with van der Waals surface area (Å²) in [4.78, 5) is 40.8. The van der Waals surface area contributed by atoms with E-state index >= 15 is 0 Å². The van der Waals surface area contributed by atoms with Crippen molar-refractivity contribution in [3.63, 3.8) is 0 Å². The number of methoxy groups -OCH3 is 1. The Morgan fingerprint density at radius 2 is 1.75 bits per heavy atom. The normalized spacial score (nSPS) is 17.9. The second-order valence-electron chi connectivity index (χ2n) is 10.7. The fraction of sp³-hybridized carbons (Fsp3) is 0.406. The summed E-state index contributed by atoms with van der Waals surface area (Å²) in [6.45, 7) is 1.85. The summed E-state index contributed by atoms with van der Waals surface area (Å²) in [7, 11) is 1.38. The van der Waals surface area contributed by atoms with Crippen LogP contribution in [0.2, 0.25) is 0 Å². The lowest BCUT2D eigenvalue weighted by atomic mass is 9.83. The number of amides is 2. The molecule has 1 saturated carbocycles. The van der Waals surface area contributed by atoms with Crippen LogP contribution in [0.3, 0.4) is 0 Å². The summed E-state index contributed by atoms with van der Waals surface area (Å²) in [5, 5.41) is 6.25. The Kier molecular flexibility index (Phi) is 9.27. The third-order valence-electron chi connectivity index (χ3n) is 7.92. The molecule has 5 rings (SSSR count). The zero-order chi connectivity index (χ0) is 28.1. The molecule has 0 radical (unpaired) electrons. The van der Waals surface area contributed by atoms with Crippen molar-refractivity contribution in [2.24, 2.45) is 5.92 Å². The topological polar surface area (TPSA) is 84.5 Å². The number of thiophene rings is 1. The summed E-state index contributed by atoms with van der Waals surface area (Å²) in [5.41, 5.74) is 3.54. The number of ether oxygens (including phenoxy) is 1. The van der Waals surface area contributed by atoms with E-state index in [-0.39, 0.29) is 17.7 Å². The van der Waals surface area contributed by atoms with Gasteiger partial charge in [-0.15, -0.1) is 23.1 Å². The summed E-state index contributed by atoms with van der Waals surface area (Å²) in [6, 6.07) is 18.1. The molecule has 6 nitrogen and oxygen atoms in total. The van der Waals surface area contributed by atoms with Crippen LogP contribution in [0.15, 0.2) is 59.5 Å². The summed E-state index contributed by atoms with van der Waals surface area (Å²) in [5.74, 6) is -0.0306. The first-order valence-electron chi connectivity index (χ1n) is 14.1. The predicted octanol–water partition coefficient (Wildman–Crippen LogP) is 7.45. The SMILES string of the molecule is COC(=O)c1c(NC(=O)C(C)Sc2cccc(NC(=O)C3CCCCC3)c2)sc2c1CCC(c1ccccc1)C2. The van der Waals surface area contributed by atoms with Crippen LogP contribution in [0.1, 0.15) is 77.7 Å². The molecule has 210 valence electrons. The molecule has 40 heavy (non-hydrogen) atoms. The van der Waals surface area contributed by atoms with Crippen molar-refractivity contribution >= 4 is 51.6 Å². The lowest BCUT2D eigenvalue weighted by Crippen LogP contribution is -2.24.